The van der Waals surface area contributed by atoms with Gasteiger partial charge >= 0.3 is 33.6 Å². The van der Waals surface area contributed by atoms with Crippen molar-refractivity contribution < 1.29 is 75.8 Å². The minimum absolute atomic E-state index is 0.0832. The summed E-state index contributed by atoms with van der Waals surface area (Å²) in [6.45, 7) is 2.45. The molecule has 0 spiro atoms. The molecule has 0 aliphatic rings. The monoisotopic (exact) mass is 1510 g/mol. The summed E-state index contributed by atoms with van der Waals surface area (Å²) in [7, 11) is -9.80. The molecule has 4 N–H and O–H groups in total. The highest BCUT2D eigenvalue weighted by atomic mass is 31.2. The molecule has 0 saturated heterocycles. The number of carbonyl (C=O) groups is 3. The highest BCUT2D eigenvalue weighted by Gasteiger charge is 2.29. The van der Waals surface area contributed by atoms with Gasteiger partial charge in [0.1, 0.15) is 25.4 Å². The lowest BCUT2D eigenvalue weighted by Crippen LogP contribution is -2.30. The van der Waals surface area contributed by atoms with Crippen molar-refractivity contribution in [2.75, 3.05) is 39.6 Å². The van der Waals surface area contributed by atoms with Gasteiger partial charge in [0.25, 0.3) is 0 Å². The molecule has 0 saturated carbocycles. The third-order valence-corrected chi connectivity index (χ3v) is 18.9. The van der Waals surface area contributed by atoms with Gasteiger partial charge in [-0.15, -0.1) is 0 Å². The second kappa shape index (κ2) is 79.0. The molecule has 602 valence electrons. The lowest BCUT2D eigenvalue weighted by Gasteiger charge is -2.21. The quantitative estimate of drug-likeness (QED) is 0.0146. The zero-order chi connectivity index (χ0) is 76.6. The number of rotatable bonds is 77. The van der Waals surface area contributed by atoms with E-state index in [4.69, 9.17) is 32.3 Å². The number of unbranched alkanes of at least 4 members (excludes halogenated alkanes) is 30. The normalized spacial score (nSPS) is 14.7. The Balaban J connectivity index is 4.45. The highest BCUT2D eigenvalue weighted by Crippen LogP contribution is 2.45. The molecule has 0 bridgehead atoms. The smallest absolute Gasteiger partial charge is 0.463 e. The van der Waals surface area contributed by atoms with Crippen LogP contribution < -0.4 is 0 Å². The largest absolute Gasteiger partial charge is 0.472 e. The molecule has 0 radical (unpaired) electrons. The van der Waals surface area contributed by atoms with Gasteiger partial charge < -0.3 is 34.2 Å². The second-order valence-electron chi connectivity index (χ2n) is 27.2. The molecule has 0 aromatic heterocycles. The summed E-state index contributed by atoms with van der Waals surface area (Å²) < 4.78 is 61.1. The number of aliphatic hydroxyl groups is 2. The van der Waals surface area contributed by atoms with E-state index >= 15 is 0 Å². The van der Waals surface area contributed by atoms with Gasteiger partial charge in [-0.1, -0.05) is 314 Å². The molecule has 105 heavy (non-hydrogen) atoms. The van der Waals surface area contributed by atoms with Gasteiger partial charge in [0.05, 0.1) is 26.4 Å². The number of allylic oxidation sites excluding steroid dienone is 24. The summed E-state index contributed by atoms with van der Waals surface area (Å²) in [4.78, 5) is 58.6. The molecule has 0 amide bonds. The van der Waals surface area contributed by atoms with Crippen LogP contribution in [0, 0.1) is 0 Å². The molecule has 16 nitrogen and oxygen atoms in total. The Hall–Kier alpha value is -4.57. The van der Waals surface area contributed by atoms with Gasteiger partial charge in [-0.3, -0.25) is 32.5 Å². The minimum atomic E-state index is -4.94. The Bertz CT molecular complexity index is 2490. The molecule has 5 unspecified atom stereocenters. The van der Waals surface area contributed by atoms with Crippen LogP contribution in [-0.4, -0.2) is 95.9 Å². The van der Waals surface area contributed by atoms with Gasteiger partial charge in [-0.25, -0.2) is 9.13 Å². The van der Waals surface area contributed by atoms with E-state index < -0.39 is 91.5 Å². The third-order valence-electron chi connectivity index (χ3n) is 17.0. The van der Waals surface area contributed by atoms with Gasteiger partial charge in [0, 0.05) is 19.3 Å². The van der Waals surface area contributed by atoms with Crippen LogP contribution in [0.2, 0.25) is 0 Å². The molecule has 0 heterocycles. The topological polar surface area (TPSA) is 231 Å². The number of ether oxygens (including phenoxy) is 3. The minimum Gasteiger partial charge on any atom is -0.463 e. The number of esters is 3. The van der Waals surface area contributed by atoms with E-state index in [-0.39, 0.29) is 19.3 Å². The lowest BCUT2D eigenvalue weighted by atomic mass is 10.0. The van der Waals surface area contributed by atoms with E-state index in [9.17, 15) is 43.5 Å². The van der Waals surface area contributed by atoms with Crippen molar-refractivity contribution in [2.45, 2.75) is 347 Å². The molecule has 0 aliphatic carbocycles. The average Bonchev–Trinajstić information content (AvgIpc) is 1.00. The molecule has 0 aliphatic heterocycles. The zero-order valence-corrected chi connectivity index (χ0v) is 67.6. The van der Waals surface area contributed by atoms with Crippen LogP contribution in [0.15, 0.2) is 146 Å². The van der Waals surface area contributed by atoms with Crippen molar-refractivity contribution in [3.8, 4) is 0 Å². The van der Waals surface area contributed by atoms with Gasteiger partial charge in [0.15, 0.2) is 6.10 Å². The molecule has 18 heteroatoms. The first-order chi connectivity index (χ1) is 51.2. The molecule has 5 atom stereocenters. The summed E-state index contributed by atoms with van der Waals surface area (Å²) in [5, 5.41) is 20.6. The van der Waals surface area contributed by atoms with E-state index in [1.165, 1.54) is 89.9 Å². The predicted molar refractivity (Wildman–Crippen MR) is 436 cm³/mol. The number of aliphatic hydroxyl groups excluding tert-OH is 2. The van der Waals surface area contributed by atoms with Crippen LogP contribution in [0.4, 0.5) is 0 Å². The van der Waals surface area contributed by atoms with Gasteiger partial charge in [-0.05, 0) is 141 Å². The predicted octanol–water partition coefficient (Wildman–Crippen LogP) is 24.4. The first-order valence-electron chi connectivity index (χ1n) is 41.1. The maximum Gasteiger partial charge on any atom is 0.472 e. The number of phosphoric acid groups is 2. The van der Waals surface area contributed by atoms with E-state index in [0.717, 1.165) is 180 Å². The number of hydrogen-bond acceptors (Lipinski definition) is 14. The Labute approximate surface area is 638 Å². The van der Waals surface area contributed by atoms with Crippen LogP contribution in [0.3, 0.4) is 0 Å². The fraction of sp³-hybridized carbons (Fsp3) is 0.690. The molecule has 0 rings (SSSR count). The molecular formula is C87H148O16P2. The SMILES string of the molecule is CC/C=C\C/C=C\C/C=C\C/C=C\C/C=C\C/C=C\CCCCCCCCCCCCCCCCC(=O)OCC(O)COP(=O)(O)OCC(O)COP(=O)(O)OCC(COC(=O)CCCCCCCCC/C=C\C/C=C\C/C=C\C/C=C\CCCCC)OC(=O)CCCCCCC/C=C\C/C=C\CCC. The fourth-order valence-corrected chi connectivity index (χ4v) is 12.4. The molecule has 0 aromatic rings. The summed E-state index contributed by atoms with van der Waals surface area (Å²) in [5.41, 5.74) is 0. The Morgan fingerprint density at radius 3 is 0.838 bits per heavy atom. The lowest BCUT2D eigenvalue weighted by molar-refractivity contribution is -0.161. The number of phosphoric ester groups is 2. The second-order valence-corrected chi connectivity index (χ2v) is 30.1. The number of hydrogen-bond donors (Lipinski definition) is 4. The van der Waals surface area contributed by atoms with Crippen LogP contribution in [0.25, 0.3) is 0 Å². The maximum absolute atomic E-state index is 12.9. The van der Waals surface area contributed by atoms with Gasteiger partial charge in [-0.2, -0.15) is 0 Å². The summed E-state index contributed by atoms with van der Waals surface area (Å²) in [6, 6.07) is 0. The van der Waals surface area contributed by atoms with Crippen molar-refractivity contribution in [1.29, 1.82) is 0 Å². The standard InChI is InChI=1S/C87H148O16P2/c1-4-7-10-13-16-19-22-25-27-29-31-33-35-36-37-38-39-40-41-42-43-44-46-48-49-51-53-56-58-61-64-67-70-73-85(90)97-76-82(88)77-99-104(93,94)100-78-83(89)79-101-105(95,96)102-81-84(103-87(92)75-72-69-66-63-60-55-24-21-18-15-12-9-6-3)80-98-86(91)74-71-68-65-62-59-57-54-52-50-47-45-34-32-30-28-26-23-20-17-14-11-8-5-2/h7,10,12,15-17,19-21,24-28,31-34,36-37,39-40,47,50,82-84,88-89H,4-6,8-9,11,13-14,18,22-23,29-30,35,38,41-46,48-49,51-81H2,1-3H3,(H,93,94)(H,95,96)/b10-7-,15-12-,19-16-,20-17-,24-21-,27-25-,28-26-,33-31-,34-32-,37-36-,40-39-,50-47-. The van der Waals surface area contributed by atoms with Crippen molar-refractivity contribution in [3.05, 3.63) is 146 Å². The Morgan fingerprint density at radius 2 is 0.524 bits per heavy atom. The van der Waals surface area contributed by atoms with Crippen molar-refractivity contribution in [3.63, 3.8) is 0 Å². The summed E-state index contributed by atoms with van der Waals surface area (Å²) in [6.07, 6.45) is 97.6. The van der Waals surface area contributed by atoms with Crippen LogP contribution in [-0.2, 0) is 55.8 Å². The first kappa shape index (κ1) is 100. The zero-order valence-electron chi connectivity index (χ0n) is 65.9. The van der Waals surface area contributed by atoms with E-state index in [0.29, 0.717) is 19.3 Å². The van der Waals surface area contributed by atoms with E-state index in [1.807, 2.05) is 0 Å². The van der Waals surface area contributed by atoms with Crippen LogP contribution in [0.1, 0.15) is 329 Å². The fourth-order valence-electron chi connectivity index (χ4n) is 10.8. The van der Waals surface area contributed by atoms with Gasteiger partial charge in [0.2, 0.25) is 0 Å². The van der Waals surface area contributed by atoms with E-state index in [1.54, 1.807) is 0 Å². The van der Waals surface area contributed by atoms with E-state index in [2.05, 4.69) is 167 Å². The Morgan fingerprint density at radius 1 is 0.276 bits per heavy atom. The van der Waals surface area contributed by atoms with Crippen LogP contribution in [0.5, 0.6) is 0 Å². The molecule has 0 aromatic carbocycles. The molecule has 0 fully saturated rings. The average molecular weight is 1510 g/mol. The summed E-state index contributed by atoms with van der Waals surface area (Å²) >= 11 is 0. The first-order valence-corrected chi connectivity index (χ1v) is 44.1. The third kappa shape index (κ3) is 80.3. The number of carbonyl (C=O) groups excluding carboxylic acids is 3. The van der Waals surface area contributed by atoms with Crippen LogP contribution >= 0.6 is 15.6 Å². The van der Waals surface area contributed by atoms with Crippen molar-refractivity contribution >= 4 is 33.6 Å². The Kier molecular flexibility index (Phi) is 75.6. The summed E-state index contributed by atoms with van der Waals surface area (Å²) in [5.74, 6) is -1.60. The van der Waals surface area contributed by atoms with Crippen molar-refractivity contribution in [2.24, 2.45) is 0 Å². The highest BCUT2D eigenvalue weighted by molar-refractivity contribution is 7.47. The molecular weight excluding hydrogens is 1360 g/mol. The van der Waals surface area contributed by atoms with Crippen molar-refractivity contribution in [1.82, 2.24) is 0 Å². The maximum atomic E-state index is 12.9.